The number of ether oxygens (including phenoxy) is 1. The monoisotopic (exact) mass is 220 g/mol. The van der Waals surface area contributed by atoms with Gasteiger partial charge in [0.1, 0.15) is 12.4 Å². The number of benzene rings is 1. The van der Waals surface area contributed by atoms with Gasteiger partial charge >= 0.3 is 0 Å². The van der Waals surface area contributed by atoms with Gasteiger partial charge in [0.25, 0.3) is 0 Å². The second-order valence-electron chi connectivity index (χ2n) is 4.51. The number of rotatable bonds is 7. The molecule has 3 N–H and O–H groups in total. The molecule has 0 saturated heterocycles. The zero-order valence-corrected chi connectivity index (χ0v) is 9.56. The van der Waals surface area contributed by atoms with Crippen LogP contribution in [0.25, 0.3) is 0 Å². The lowest BCUT2D eigenvalue weighted by atomic mass is 10.1. The molecule has 1 unspecified atom stereocenters. The minimum atomic E-state index is 0.265. The number of para-hydroxylation sites is 1. The van der Waals surface area contributed by atoms with E-state index in [0.29, 0.717) is 6.61 Å². The molecule has 16 heavy (non-hydrogen) atoms. The summed E-state index contributed by atoms with van der Waals surface area (Å²) in [4.78, 5) is 0. The summed E-state index contributed by atoms with van der Waals surface area (Å²) in [6.45, 7) is 0.646. The Morgan fingerprint density at radius 1 is 1.31 bits per heavy atom. The maximum absolute atomic E-state index is 5.67. The standard InChI is InChI=1S/C13H20N2O/c14-15-12(9-8-11-6-7-11)10-16-13-4-2-1-3-5-13/h1-5,11-12,15H,6-10,14H2. The lowest BCUT2D eigenvalue weighted by Gasteiger charge is -2.16. The van der Waals surface area contributed by atoms with Crippen LogP contribution in [0.3, 0.4) is 0 Å². The van der Waals surface area contributed by atoms with Crippen molar-refractivity contribution < 1.29 is 4.74 Å². The summed E-state index contributed by atoms with van der Waals surface area (Å²) in [6, 6.07) is 10.1. The van der Waals surface area contributed by atoms with Gasteiger partial charge in [0.15, 0.2) is 0 Å². The number of nitrogens with two attached hydrogens (primary N) is 1. The first-order valence-corrected chi connectivity index (χ1v) is 6.02. The van der Waals surface area contributed by atoms with Crippen molar-refractivity contribution in [1.82, 2.24) is 5.43 Å². The van der Waals surface area contributed by atoms with Crippen molar-refractivity contribution in [2.75, 3.05) is 6.61 Å². The quantitative estimate of drug-likeness (QED) is 0.546. The Labute approximate surface area is 97.0 Å². The molecular formula is C13H20N2O. The molecule has 2 rings (SSSR count). The minimum Gasteiger partial charge on any atom is -0.492 e. The van der Waals surface area contributed by atoms with Crippen molar-refractivity contribution >= 4 is 0 Å². The van der Waals surface area contributed by atoms with Gasteiger partial charge in [-0.05, 0) is 30.9 Å². The Bertz CT molecular complexity index is 298. The summed E-state index contributed by atoms with van der Waals surface area (Å²) in [5.41, 5.74) is 2.83. The van der Waals surface area contributed by atoms with Crippen LogP contribution in [0, 0.1) is 5.92 Å². The maximum Gasteiger partial charge on any atom is 0.119 e. The fourth-order valence-corrected chi connectivity index (χ4v) is 1.77. The maximum atomic E-state index is 5.67. The topological polar surface area (TPSA) is 47.3 Å². The first-order valence-electron chi connectivity index (χ1n) is 6.02. The van der Waals surface area contributed by atoms with E-state index in [1.165, 1.54) is 19.3 Å². The SMILES string of the molecule is NNC(CCC1CC1)COc1ccccc1. The number of hydrazine groups is 1. The summed E-state index contributed by atoms with van der Waals surface area (Å²) in [5.74, 6) is 7.38. The highest BCUT2D eigenvalue weighted by Crippen LogP contribution is 2.33. The van der Waals surface area contributed by atoms with Crippen molar-refractivity contribution in [3.63, 3.8) is 0 Å². The Balaban J connectivity index is 1.69. The molecule has 0 heterocycles. The molecule has 0 spiro atoms. The molecule has 0 aromatic heterocycles. The smallest absolute Gasteiger partial charge is 0.119 e. The molecule has 88 valence electrons. The minimum absolute atomic E-state index is 0.265. The summed E-state index contributed by atoms with van der Waals surface area (Å²) < 4.78 is 5.67. The molecule has 1 saturated carbocycles. The second kappa shape index (κ2) is 5.87. The van der Waals surface area contributed by atoms with Crippen molar-refractivity contribution in [3.8, 4) is 5.75 Å². The van der Waals surface area contributed by atoms with E-state index in [1.54, 1.807) is 0 Å². The van der Waals surface area contributed by atoms with Crippen LogP contribution in [-0.4, -0.2) is 12.6 Å². The van der Waals surface area contributed by atoms with Crippen LogP contribution in [0.5, 0.6) is 5.75 Å². The number of hydrogen-bond acceptors (Lipinski definition) is 3. The van der Waals surface area contributed by atoms with Crippen molar-refractivity contribution in [2.45, 2.75) is 31.7 Å². The molecule has 0 bridgehead atoms. The van der Waals surface area contributed by atoms with E-state index < -0.39 is 0 Å². The predicted molar refractivity (Wildman–Crippen MR) is 65.0 cm³/mol. The highest BCUT2D eigenvalue weighted by atomic mass is 16.5. The van der Waals surface area contributed by atoms with Crippen molar-refractivity contribution in [2.24, 2.45) is 11.8 Å². The molecule has 1 atom stereocenters. The zero-order chi connectivity index (χ0) is 11.2. The highest BCUT2D eigenvalue weighted by Gasteiger charge is 2.22. The van der Waals surface area contributed by atoms with Crippen molar-refractivity contribution in [3.05, 3.63) is 30.3 Å². The molecule has 1 aliphatic rings. The average molecular weight is 220 g/mol. The van der Waals surface area contributed by atoms with E-state index in [9.17, 15) is 0 Å². The summed E-state index contributed by atoms with van der Waals surface area (Å²) in [7, 11) is 0. The number of nitrogens with one attached hydrogen (secondary N) is 1. The molecule has 0 radical (unpaired) electrons. The molecule has 1 fully saturated rings. The third-order valence-corrected chi connectivity index (χ3v) is 3.05. The third kappa shape index (κ3) is 3.83. The fraction of sp³-hybridized carbons (Fsp3) is 0.538. The average Bonchev–Trinajstić information content (AvgIpc) is 3.15. The van der Waals surface area contributed by atoms with E-state index >= 15 is 0 Å². The molecule has 3 heteroatoms. The van der Waals surface area contributed by atoms with Gasteiger partial charge in [-0.2, -0.15) is 0 Å². The molecule has 1 aromatic rings. The molecule has 3 nitrogen and oxygen atoms in total. The van der Waals surface area contributed by atoms with Gasteiger partial charge in [0.2, 0.25) is 0 Å². The third-order valence-electron chi connectivity index (χ3n) is 3.05. The molecule has 1 aliphatic carbocycles. The first kappa shape index (κ1) is 11.4. The van der Waals surface area contributed by atoms with E-state index in [1.807, 2.05) is 30.3 Å². The van der Waals surface area contributed by atoms with Crippen LogP contribution in [0.15, 0.2) is 30.3 Å². The van der Waals surface area contributed by atoms with Crippen LogP contribution in [0.2, 0.25) is 0 Å². The van der Waals surface area contributed by atoms with Crippen molar-refractivity contribution in [1.29, 1.82) is 0 Å². The van der Waals surface area contributed by atoms with Crippen LogP contribution in [0.1, 0.15) is 25.7 Å². The molecule has 0 aliphatic heterocycles. The predicted octanol–water partition coefficient (Wildman–Crippen LogP) is 2.09. The Kier molecular flexibility index (Phi) is 4.19. The van der Waals surface area contributed by atoms with Crippen LogP contribution < -0.4 is 16.0 Å². The van der Waals surface area contributed by atoms with E-state index in [-0.39, 0.29) is 6.04 Å². The van der Waals surface area contributed by atoms with Gasteiger partial charge in [-0.1, -0.05) is 31.0 Å². The first-order chi connectivity index (χ1) is 7.88. The normalized spacial score (nSPS) is 17.1. The fourth-order valence-electron chi connectivity index (χ4n) is 1.77. The van der Waals surface area contributed by atoms with E-state index in [4.69, 9.17) is 10.6 Å². The second-order valence-corrected chi connectivity index (χ2v) is 4.51. The lowest BCUT2D eigenvalue weighted by molar-refractivity contribution is 0.254. The van der Waals surface area contributed by atoms with Crippen LogP contribution >= 0.6 is 0 Å². The van der Waals surface area contributed by atoms with Crippen LogP contribution in [-0.2, 0) is 0 Å². The largest absolute Gasteiger partial charge is 0.492 e. The van der Waals surface area contributed by atoms with Gasteiger partial charge in [0, 0.05) is 0 Å². The highest BCUT2D eigenvalue weighted by molar-refractivity contribution is 5.20. The summed E-state index contributed by atoms with van der Waals surface area (Å²) in [6.07, 6.45) is 5.18. The molecule has 0 amide bonds. The lowest BCUT2D eigenvalue weighted by Crippen LogP contribution is -2.39. The zero-order valence-electron chi connectivity index (χ0n) is 9.56. The Hall–Kier alpha value is -1.06. The van der Waals surface area contributed by atoms with Gasteiger partial charge < -0.3 is 4.74 Å². The summed E-state index contributed by atoms with van der Waals surface area (Å²) in [5, 5.41) is 0. The van der Waals surface area contributed by atoms with Gasteiger partial charge in [-0.15, -0.1) is 0 Å². The Morgan fingerprint density at radius 3 is 2.69 bits per heavy atom. The van der Waals surface area contributed by atoms with Gasteiger partial charge in [-0.25, -0.2) is 0 Å². The molecule has 1 aromatic carbocycles. The number of hydrogen-bond donors (Lipinski definition) is 2. The van der Waals surface area contributed by atoms with Crippen LogP contribution in [0.4, 0.5) is 0 Å². The Morgan fingerprint density at radius 2 is 2.06 bits per heavy atom. The van der Waals surface area contributed by atoms with E-state index in [0.717, 1.165) is 18.1 Å². The summed E-state index contributed by atoms with van der Waals surface area (Å²) >= 11 is 0. The van der Waals surface area contributed by atoms with Gasteiger partial charge in [-0.3, -0.25) is 11.3 Å². The van der Waals surface area contributed by atoms with E-state index in [2.05, 4.69) is 5.43 Å². The van der Waals surface area contributed by atoms with Gasteiger partial charge in [0.05, 0.1) is 6.04 Å². The molecular weight excluding hydrogens is 200 g/mol.